The number of aromatic nitrogens is 4. The minimum absolute atomic E-state index is 0.171. The third kappa shape index (κ3) is 1.90. The molecule has 0 fully saturated rings. The molecular formula is C13H12ClN5O. The number of hydrogen-bond donors (Lipinski definition) is 1. The molecule has 7 heteroatoms. The molecular weight excluding hydrogens is 278 g/mol. The van der Waals surface area contributed by atoms with Crippen molar-refractivity contribution >= 4 is 22.6 Å². The Hall–Kier alpha value is -2.18. The third-order valence-corrected chi connectivity index (χ3v) is 3.46. The summed E-state index contributed by atoms with van der Waals surface area (Å²) in [6.07, 6.45) is 6.93. The molecule has 0 aromatic carbocycles. The Kier molecular flexibility index (Phi) is 3.25. The summed E-state index contributed by atoms with van der Waals surface area (Å²) in [7, 11) is 0. The van der Waals surface area contributed by atoms with Gasteiger partial charge < -0.3 is 5.73 Å². The average molecular weight is 290 g/mol. The van der Waals surface area contributed by atoms with Gasteiger partial charge in [-0.3, -0.25) is 4.79 Å². The van der Waals surface area contributed by atoms with E-state index in [0.717, 1.165) is 10.9 Å². The highest BCUT2D eigenvalue weighted by Crippen LogP contribution is 2.22. The Morgan fingerprint density at radius 2 is 2.20 bits per heavy atom. The van der Waals surface area contributed by atoms with Crippen molar-refractivity contribution in [3.8, 4) is 0 Å². The molecule has 0 radical (unpaired) electrons. The standard InChI is InChI=1S/C13H12ClN5O/c14-11-9(3-4-15)10-2-1-5-17-12(10)19(13(11)20)18-7-6-16-8-18/h1-2,5-8H,3-4,15H2. The second-order valence-corrected chi connectivity index (χ2v) is 4.64. The molecule has 3 aromatic rings. The van der Waals surface area contributed by atoms with Crippen LogP contribution in [0.1, 0.15) is 5.56 Å². The lowest BCUT2D eigenvalue weighted by atomic mass is 10.1. The van der Waals surface area contributed by atoms with Gasteiger partial charge in [0.1, 0.15) is 11.3 Å². The van der Waals surface area contributed by atoms with E-state index in [1.165, 1.54) is 11.0 Å². The van der Waals surface area contributed by atoms with Crippen molar-refractivity contribution in [1.82, 2.24) is 19.3 Å². The first-order valence-corrected chi connectivity index (χ1v) is 6.48. The third-order valence-electron chi connectivity index (χ3n) is 3.07. The second-order valence-electron chi connectivity index (χ2n) is 4.27. The number of nitrogens with zero attached hydrogens (tertiary/aromatic N) is 4. The van der Waals surface area contributed by atoms with Crippen molar-refractivity contribution in [2.75, 3.05) is 6.54 Å². The van der Waals surface area contributed by atoms with Gasteiger partial charge in [-0.15, -0.1) is 0 Å². The first kappa shape index (κ1) is 12.8. The summed E-state index contributed by atoms with van der Waals surface area (Å²) in [5.41, 5.74) is 6.53. The van der Waals surface area contributed by atoms with Crippen molar-refractivity contribution in [3.63, 3.8) is 0 Å². The Bertz CT molecular complexity index is 809. The predicted molar refractivity (Wildman–Crippen MR) is 76.8 cm³/mol. The van der Waals surface area contributed by atoms with Gasteiger partial charge in [-0.05, 0) is 30.7 Å². The number of rotatable bonds is 3. The van der Waals surface area contributed by atoms with Crippen molar-refractivity contribution in [3.05, 3.63) is 58.0 Å². The lowest BCUT2D eigenvalue weighted by Gasteiger charge is -2.14. The van der Waals surface area contributed by atoms with Gasteiger partial charge in [0.25, 0.3) is 5.56 Å². The number of halogens is 1. The molecule has 3 rings (SSSR count). The zero-order valence-corrected chi connectivity index (χ0v) is 11.3. The maximum Gasteiger partial charge on any atom is 0.290 e. The molecule has 0 unspecified atom stereocenters. The second kappa shape index (κ2) is 5.07. The molecule has 0 aliphatic carbocycles. The maximum atomic E-state index is 12.5. The maximum absolute atomic E-state index is 12.5. The largest absolute Gasteiger partial charge is 0.330 e. The molecule has 0 amide bonds. The summed E-state index contributed by atoms with van der Waals surface area (Å²) in [5.74, 6) is 0. The molecule has 0 atom stereocenters. The van der Waals surface area contributed by atoms with Crippen LogP contribution in [0.5, 0.6) is 0 Å². The van der Waals surface area contributed by atoms with E-state index in [1.54, 1.807) is 29.3 Å². The quantitative estimate of drug-likeness (QED) is 0.782. The molecule has 3 aromatic heterocycles. The monoisotopic (exact) mass is 289 g/mol. The molecule has 2 N–H and O–H groups in total. The topological polar surface area (TPSA) is 78.7 Å². The Morgan fingerprint density at radius 3 is 2.90 bits per heavy atom. The number of imidazole rings is 1. The lowest BCUT2D eigenvalue weighted by Crippen LogP contribution is -2.28. The van der Waals surface area contributed by atoms with Crippen LogP contribution < -0.4 is 11.3 Å². The van der Waals surface area contributed by atoms with Gasteiger partial charge in [-0.25, -0.2) is 14.6 Å². The fraction of sp³-hybridized carbons (Fsp3) is 0.154. The van der Waals surface area contributed by atoms with Gasteiger partial charge in [-0.2, -0.15) is 4.68 Å². The molecule has 20 heavy (non-hydrogen) atoms. The molecule has 0 saturated heterocycles. The van der Waals surface area contributed by atoms with Crippen molar-refractivity contribution < 1.29 is 0 Å². The smallest absolute Gasteiger partial charge is 0.290 e. The first-order chi connectivity index (χ1) is 9.74. The van der Waals surface area contributed by atoms with E-state index >= 15 is 0 Å². The molecule has 102 valence electrons. The van der Waals surface area contributed by atoms with Crippen LogP contribution in [-0.4, -0.2) is 25.9 Å². The van der Waals surface area contributed by atoms with Gasteiger partial charge in [0, 0.05) is 24.0 Å². The molecule has 0 bridgehead atoms. The van der Waals surface area contributed by atoms with E-state index in [-0.39, 0.29) is 10.6 Å². The van der Waals surface area contributed by atoms with Crippen LogP contribution in [0.2, 0.25) is 5.02 Å². The van der Waals surface area contributed by atoms with Gasteiger partial charge in [-0.1, -0.05) is 11.6 Å². The van der Waals surface area contributed by atoms with Crippen LogP contribution in [0, 0.1) is 0 Å². The van der Waals surface area contributed by atoms with Crippen LogP contribution in [-0.2, 0) is 6.42 Å². The van der Waals surface area contributed by atoms with E-state index < -0.39 is 0 Å². The van der Waals surface area contributed by atoms with E-state index in [2.05, 4.69) is 9.97 Å². The molecule has 0 aliphatic rings. The SMILES string of the molecule is NCCc1c(Cl)c(=O)n(-n2ccnc2)c2ncccc12. The molecule has 6 nitrogen and oxygen atoms in total. The molecule has 0 spiro atoms. The van der Waals surface area contributed by atoms with E-state index in [9.17, 15) is 4.79 Å². The van der Waals surface area contributed by atoms with E-state index in [4.69, 9.17) is 17.3 Å². The number of nitrogens with two attached hydrogens (primary N) is 1. The first-order valence-electron chi connectivity index (χ1n) is 6.11. The summed E-state index contributed by atoms with van der Waals surface area (Å²) in [6.45, 7) is 0.415. The Balaban J connectivity index is 2.45. The van der Waals surface area contributed by atoms with Gasteiger partial charge in [0.05, 0.1) is 0 Å². The summed E-state index contributed by atoms with van der Waals surface area (Å²) in [4.78, 5) is 20.7. The number of fused-ring (bicyclic) bond motifs is 1. The zero-order valence-electron chi connectivity index (χ0n) is 10.5. The summed E-state index contributed by atoms with van der Waals surface area (Å²) < 4.78 is 2.94. The highest BCUT2D eigenvalue weighted by atomic mass is 35.5. The van der Waals surface area contributed by atoms with E-state index in [1.807, 2.05) is 6.07 Å². The van der Waals surface area contributed by atoms with Crippen LogP contribution >= 0.6 is 11.6 Å². The van der Waals surface area contributed by atoms with Crippen molar-refractivity contribution in [2.45, 2.75) is 6.42 Å². The van der Waals surface area contributed by atoms with Gasteiger partial charge in [0.15, 0.2) is 5.65 Å². The summed E-state index contributed by atoms with van der Waals surface area (Å²) in [5, 5.41) is 0.987. The van der Waals surface area contributed by atoms with Crippen molar-refractivity contribution in [2.24, 2.45) is 5.73 Å². The fourth-order valence-corrected chi connectivity index (χ4v) is 2.49. The number of hydrogen-bond acceptors (Lipinski definition) is 4. The van der Waals surface area contributed by atoms with Gasteiger partial charge in [0.2, 0.25) is 0 Å². The van der Waals surface area contributed by atoms with Crippen LogP contribution in [0.3, 0.4) is 0 Å². The minimum Gasteiger partial charge on any atom is -0.330 e. The Labute approximate surface area is 119 Å². The Morgan fingerprint density at radius 1 is 1.35 bits per heavy atom. The molecule has 3 heterocycles. The lowest BCUT2D eigenvalue weighted by molar-refractivity contribution is 0.648. The van der Waals surface area contributed by atoms with E-state index in [0.29, 0.717) is 18.6 Å². The molecule has 0 saturated carbocycles. The van der Waals surface area contributed by atoms with Crippen LogP contribution in [0.4, 0.5) is 0 Å². The number of pyridine rings is 2. The summed E-state index contributed by atoms with van der Waals surface area (Å²) in [6, 6.07) is 3.69. The molecule has 0 aliphatic heterocycles. The predicted octanol–water partition coefficient (Wildman–Crippen LogP) is 1.06. The van der Waals surface area contributed by atoms with Crippen LogP contribution in [0.25, 0.3) is 11.0 Å². The normalized spacial score (nSPS) is 11.1. The van der Waals surface area contributed by atoms with Crippen LogP contribution in [0.15, 0.2) is 41.8 Å². The highest BCUT2D eigenvalue weighted by Gasteiger charge is 2.16. The van der Waals surface area contributed by atoms with Crippen molar-refractivity contribution in [1.29, 1.82) is 0 Å². The highest BCUT2D eigenvalue weighted by molar-refractivity contribution is 6.32. The zero-order chi connectivity index (χ0) is 14.1. The van der Waals surface area contributed by atoms with Gasteiger partial charge >= 0.3 is 0 Å². The average Bonchev–Trinajstić information content (AvgIpc) is 2.98. The fourth-order valence-electron chi connectivity index (χ4n) is 2.21. The minimum atomic E-state index is -0.334. The summed E-state index contributed by atoms with van der Waals surface area (Å²) >= 11 is 6.22.